The number of hydrogen-bond donors (Lipinski definition) is 2. The van der Waals surface area contributed by atoms with Crippen LogP contribution in [-0.2, 0) is 6.54 Å². The molecule has 0 bridgehead atoms. The van der Waals surface area contributed by atoms with Crippen molar-refractivity contribution in [3.63, 3.8) is 0 Å². The maximum absolute atomic E-state index is 8.72. The van der Waals surface area contributed by atoms with Crippen LogP contribution in [-0.4, -0.2) is 42.8 Å². The molecule has 108 valence electrons. The Bertz CT molecular complexity index is 508. The van der Waals surface area contributed by atoms with Gasteiger partial charge in [-0.05, 0) is 43.8 Å². The molecule has 3 nitrogen and oxygen atoms in total. The number of aliphatic hydroxyl groups is 1. The van der Waals surface area contributed by atoms with Crippen molar-refractivity contribution in [2.75, 3.05) is 32.8 Å². The zero-order valence-electron chi connectivity index (χ0n) is 11.8. The third-order valence-electron chi connectivity index (χ3n) is 4.42. The van der Waals surface area contributed by atoms with Gasteiger partial charge in [0.25, 0.3) is 0 Å². The average Bonchev–Trinajstić information content (AvgIpc) is 3.06. The summed E-state index contributed by atoms with van der Waals surface area (Å²) in [4.78, 5) is 3.97. The first-order chi connectivity index (χ1) is 9.80. The molecule has 20 heavy (non-hydrogen) atoms. The van der Waals surface area contributed by atoms with Gasteiger partial charge < -0.3 is 10.4 Å². The minimum atomic E-state index is -0.0627. The van der Waals surface area contributed by atoms with E-state index in [1.54, 1.807) is 11.3 Å². The highest BCUT2D eigenvalue weighted by atomic mass is 32.1. The van der Waals surface area contributed by atoms with Crippen molar-refractivity contribution in [2.45, 2.75) is 25.8 Å². The Morgan fingerprint density at radius 1 is 1.45 bits per heavy atom. The molecule has 0 radical (unpaired) electrons. The first-order valence-electron chi connectivity index (χ1n) is 7.40. The van der Waals surface area contributed by atoms with Crippen LogP contribution in [0.15, 0.2) is 11.4 Å². The van der Waals surface area contributed by atoms with E-state index in [0.29, 0.717) is 5.41 Å². The van der Waals surface area contributed by atoms with Crippen molar-refractivity contribution in [1.29, 1.82) is 0 Å². The largest absolute Gasteiger partial charge is 0.384 e. The SMILES string of the molecule is OCC#Cc1csc(CN2CCC3(CCCNC3)C2)c1. The summed E-state index contributed by atoms with van der Waals surface area (Å²) in [5, 5.41) is 14.4. The summed E-state index contributed by atoms with van der Waals surface area (Å²) >= 11 is 1.78. The van der Waals surface area contributed by atoms with Gasteiger partial charge in [-0.3, -0.25) is 4.90 Å². The fourth-order valence-electron chi connectivity index (χ4n) is 3.43. The molecule has 2 fully saturated rings. The Morgan fingerprint density at radius 3 is 3.20 bits per heavy atom. The lowest BCUT2D eigenvalue weighted by molar-refractivity contribution is 0.200. The van der Waals surface area contributed by atoms with Gasteiger partial charge in [0.2, 0.25) is 0 Å². The Morgan fingerprint density at radius 2 is 2.40 bits per heavy atom. The topological polar surface area (TPSA) is 35.5 Å². The van der Waals surface area contributed by atoms with E-state index in [1.165, 1.54) is 50.3 Å². The summed E-state index contributed by atoms with van der Waals surface area (Å²) in [7, 11) is 0. The number of nitrogens with zero attached hydrogens (tertiary/aromatic N) is 1. The standard InChI is InChI=1S/C16H22N2OS/c19-8-1-3-14-9-15(20-11-14)10-18-7-5-16(13-18)4-2-6-17-12-16/h9,11,17,19H,2,4-8,10,12-13H2. The molecule has 4 heteroatoms. The lowest BCUT2D eigenvalue weighted by atomic mass is 9.80. The Balaban J connectivity index is 1.57. The van der Waals surface area contributed by atoms with Gasteiger partial charge in [-0.2, -0.15) is 0 Å². The predicted octanol–water partition coefficient (Wildman–Crippen LogP) is 1.67. The molecule has 0 aliphatic carbocycles. The molecule has 1 aromatic heterocycles. The maximum Gasteiger partial charge on any atom is 0.104 e. The summed E-state index contributed by atoms with van der Waals surface area (Å²) in [6.07, 6.45) is 4.05. The molecule has 3 rings (SSSR count). The van der Waals surface area contributed by atoms with Gasteiger partial charge in [-0.25, -0.2) is 0 Å². The van der Waals surface area contributed by atoms with Crippen LogP contribution < -0.4 is 5.32 Å². The number of rotatable bonds is 2. The summed E-state index contributed by atoms with van der Waals surface area (Å²) in [5.74, 6) is 5.69. The van der Waals surface area contributed by atoms with Gasteiger partial charge in [0, 0.05) is 35.5 Å². The van der Waals surface area contributed by atoms with Crippen LogP contribution in [0.3, 0.4) is 0 Å². The van der Waals surface area contributed by atoms with Crippen molar-refractivity contribution in [3.8, 4) is 11.8 Å². The van der Waals surface area contributed by atoms with E-state index in [1.807, 2.05) is 0 Å². The quantitative estimate of drug-likeness (QED) is 0.813. The maximum atomic E-state index is 8.72. The zero-order chi connectivity index (χ0) is 13.8. The van der Waals surface area contributed by atoms with E-state index in [4.69, 9.17) is 5.11 Å². The number of piperidine rings is 1. The third kappa shape index (κ3) is 3.24. The van der Waals surface area contributed by atoms with Crippen LogP contribution in [0.1, 0.15) is 29.7 Å². The fourth-order valence-corrected chi connectivity index (χ4v) is 4.29. The zero-order valence-corrected chi connectivity index (χ0v) is 12.6. The van der Waals surface area contributed by atoms with Gasteiger partial charge in [0.15, 0.2) is 0 Å². The monoisotopic (exact) mass is 290 g/mol. The minimum Gasteiger partial charge on any atom is -0.384 e. The van der Waals surface area contributed by atoms with Gasteiger partial charge in [-0.15, -0.1) is 11.3 Å². The lowest BCUT2D eigenvalue weighted by Gasteiger charge is -2.34. The van der Waals surface area contributed by atoms with E-state index in [2.05, 4.69) is 33.5 Å². The molecular weight excluding hydrogens is 268 g/mol. The van der Waals surface area contributed by atoms with E-state index >= 15 is 0 Å². The molecular formula is C16H22N2OS. The Kier molecular flexibility index (Phi) is 4.42. The van der Waals surface area contributed by atoms with Gasteiger partial charge in [0.1, 0.15) is 6.61 Å². The van der Waals surface area contributed by atoms with Crippen molar-refractivity contribution in [2.24, 2.45) is 5.41 Å². The number of hydrogen-bond acceptors (Lipinski definition) is 4. The molecule has 2 aliphatic heterocycles. The average molecular weight is 290 g/mol. The third-order valence-corrected chi connectivity index (χ3v) is 5.34. The molecule has 1 atom stereocenters. The summed E-state index contributed by atoms with van der Waals surface area (Å²) in [5.41, 5.74) is 1.57. The fraction of sp³-hybridized carbons (Fsp3) is 0.625. The molecule has 1 unspecified atom stereocenters. The van der Waals surface area contributed by atoms with Crippen LogP contribution in [0.2, 0.25) is 0 Å². The highest BCUT2D eigenvalue weighted by Crippen LogP contribution is 2.37. The minimum absolute atomic E-state index is 0.0627. The van der Waals surface area contributed by atoms with Crippen molar-refractivity contribution in [3.05, 3.63) is 21.9 Å². The Labute approximate surface area is 125 Å². The van der Waals surface area contributed by atoms with Crippen molar-refractivity contribution < 1.29 is 5.11 Å². The smallest absolute Gasteiger partial charge is 0.104 e. The van der Waals surface area contributed by atoms with E-state index in [-0.39, 0.29) is 6.61 Å². The predicted molar refractivity (Wildman–Crippen MR) is 82.7 cm³/mol. The normalized spacial score (nSPS) is 26.6. The molecule has 1 aromatic rings. The second kappa shape index (κ2) is 6.28. The molecule has 2 aliphatic rings. The number of nitrogens with one attached hydrogen (secondary N) is 1. The summed E-state index contributed by atoms with van der Waals surface area (Å²) in [6, 6.07) is 2.16. The van der Waals surface area contributed by atoms with E-state index in [0.717, 1.165) is 12.1 Å². The van der Waals surface area contributed by atoms with Crippen LogP contribution >= 0.6 is 11.3 Å². The molecule has 3 heterocycles. The van der Waals surface area contributed by atoms with Crippen molar-refractivity contribution >= 4 is 11.3 Å². The first kappa shape index (κ1) is 14.1. The highest BCUT2D eigenvalue weighted by Gasteiger charge is 2.38. The molecule has 0 saturated carbocycles. The van der Waals surface area contributed by atoms with Gasteiger partial charge >= 0.3 is 0 Å². The molecule has 0 aromatic carbocycles. The van der Waals surface area contributed by atoms with Crippen molar-refractivity contribution in [1.82, 2.24) is 10.2 Å². The number of thiophene rings is 1. The number of likely N-dealkylation sites (tertiary alicyclic amines) is 1. The molecule has 0 amide bonds. The summed E-state index contributed by atoms with van der Waals surface area (Å²) in [6.45, 7) is 5.83. The van der Waals surface area contributed by atoms with E-state index < -0.39 is 0 Å². The van der Waals surface area contributed by atoms with Gasteiger partial charge in [-0.1, -0.05) is 11.8 Å². The number of aliphatic hydroxyl groups excluding tert-OH is 1. The van der Waals surface area contributed by atoms with E-state index in [9.17, 15) is 0 Å². The van der Waals surface area contributed by atoms with Crippen LogP contribution in [0.25, 0.3) is 0 Å². The van der Waals surface area contributed by atoms with Crippen LogP contribution in [0, 0.1) is 17.3 Å². The highest BCUT2D eigenvalue weighted by molar-refractivity contribution is 7.10. The lowest BCUT2D eigenvalue weighted by Crippen LogP contribution is -2.41. The first-order valence-corrected chi connectivity index (χ1v) is 8.28. The van der Waals surface area contributed by atoms with Crippen LogP contribution in [0.4, 0.5) is 0 Å². The van der Waals surface area contributed by atoms with Crippen LogP contribution in [0.5, 0.6) is 0 Å². The van der Waals surface area contributed by atoms with Gasteiger partial charge in [0.05, 0.1) is 0 Å². The second-order valence-corrected chi connectivity index (χ2v) is 7.00. The summed E-state index contributed by atoms with van der Waals surface area (Å²) < 4.78 is 0. The molecule has 1 spiro atoms. The second-order valence-electron chi connectivity index (χ2n) is 6.00. The molecule has 2 saturated heterocycles. The molecule has 2 N–H and O–H groups in total. The Hall–Kier alpha value is -0.860.